The van der Waals surface area contributed by atoms with Crippen LogP contribution in [0.2, 0.25) is 0 Å². The maximum absolute atomic E-state index is 10.5. The molecule has 4 nitrogen and oxygen atoms in total. The summed E-state index contributed by atoms with van der Waals surface area (Å²) >= 11 is 3.29. The smallest absolute Gasteiger partial charge is 0.151 e. The van der Waals surface area contributed by atoms with Crippen molar-refractivity contribution in [1.29, 1.82) is 0 Å². The first-order valence-electron chi connectivity index (χ1n) is 3.90. The van der Waals surface area contributed by atoms with E-state index in [4.69, 9.17) is 0 Å². The monoisotopic (exact) mass is 251 g/mol. The van der Waals surface area contributed by atoms with Crippen molar-refractivity contribution in [3.05, 3.63) is 40.9 Å². The topological polar surface area (TPSA) is 47.8 Å². The van der Waals surface area contributed by atoms with Gasteiger partial charge in [0, 0.05) is 18.0 Å². The van der Waals surface area contributed by atoms with E-state index in [0.29, 0.717) is 5.56 Å². The normalized spacial score (nSPS) is 10.1. The molecule has 0 unspecified atom stereocenters. The van der Waals surface area contributed by atoms with Gasteiger partial charge >= 0.3 is 0 Å². The van der Waals surface area contributed by atoms with Crippen molar-refractivity contribution in [2.24, 2.45) is 0 Å². The van der Waals surface area contributed by atoms with Crippen molar-refractivity contribution in [3.63, 3.8) is 0 Å². The maximum atomic E-state index is 10.5. The molecular formula is C9H6BrN3O. The largest absolute Gasteiger partial charge is 0.298 e. The number of rotatable bonds is 2. The molecule has 0 aliphatic rings. The van der Waals surface area contributed by atoms with Crippen molar-refractivity contribution >= 4 is 22.2 Å². The van der Waals surface area contributed by atoms with Gasteiger partial charge in [0.05, 0.1) is 22.6 Å². The zero-order valence-electron chi connectivity index (χ0n) is 7.09. The lowest BCUT2D eigenvalue weighted by Gasteiger charge is -1.99. The Labute approximate surface area is 88.7 Å². The predicted molar refractivity (Wildman–Crippen MR) is 54.4 cm³/mol. The van der Waals surface area contributed by atoms with Crippen molar-refractivity contribution in [2.45, 2.75) is 0 Å². The Bertz CT molecular complexity index is 467. The Balaban J connectivity index is 2.46. The third-order valence-electron chi connectivity index (χ3n) is 1.70. The second-order valence-corrected chi connectivity index (χ2v) is 3.61. The molecule has 0 N–H and O–H groups in total. The third kappa shape index (κ3) is 1.72. The van der Waals surface area contributed by atoms with Gasteiger partial charge in [-0.25, -0.2) is 4.68 Å². The number of nitrogens with zero attached hydrogens (tertiary/aromatic N) is 3. The molecule has 2 rings (SSSR count). The standard InChI is InChI=1S/C9H6BrN3O/c10-8-3-12-13(5-8)9-1-7(6-14)2-11-4-9/h1-6H. The summed E-state index contributed by atoms with van der Waals surface area (Å²) in [5.74, 6) is 0. The van der Waals surface area contributed by atoms with Gasteiger partial charge in [-0.1, -0.05) is 0 Å². The lowest BCUT2D eigenvalue weighted by atomic mass is 10.3. The zero-order chi connectivity index (χ0) is 9.97. The van der Waals surface area contributed by atoms with Crippen LogP contribution in [0, 0.1) is 0 Å². The molecule has 0 saturated heterocycles. The minimum absolute atomic E-state index is 0.536. The van der Waals surface area contributed by atoms with Crippen LogP contribution >= 0.6 is 15.9 Å². The molecule has 0 amide bonds. The van der Waals surface area contributed by atoms with Crippen LogP contribution in [-0.4, -0.2) is 21.1 Å². The molecule has 2 aromatic heterocycles. The minimum Gasteiger partial charge on any atom is -0.298 e. The number of aldehydes is 1. The van der Waals surface area contributed by atoms with Gasteiger partial charge in [-0.2, -0.15) is 5.10 Å². The zero-order valence-corrected chi connectivity index (χ0v) is 8.68. The van der Waals surface area contributed by atoms with E-state index in [0.717, 1.165) is 16.4 Å². The summed E-state index contributed by atoms with van der Waals surface area (Å²) in [5, 5.41) is 4.08. The molecule has 2 heterocycles. The number of carbonyl (C=O) groups is 1. The summed E-state index contributed by atoms with van der Waals surface area (Å²) in [6, 6.07) is 1.72. The molecule has 70 valence electrons. The van der Waals surface area contributed by atoms with E-state index in [2.05, 4.69) is 26.0 Å². The molecular weight excluding hydrogens is 246 g/mol. The van der Waals surface area contributed by atoms with Gasteiger partial charge in [-0.15, -0.1) is 0 Å². The Morgan fingerprint density at radius 3 is 2.86 bits per heavy atom. The molecule has 0 aromatic carbocycles. The summed E-state index contributed by atoms with van der Waals surface area (Å²) in [7, 11) is 0. The first-order valence-corrected chi connectivity index (χ1v) is 4.69. The van der Waals surface area contributed by atoms with Crippen molar-refractivity contribution in [2.75, 3.05) is 0 Å². The van der Waals surface area contributed by atoms with E-state index < -0.39 is 0 Å². The highest BCUT2D eigenvalue weighted by atomic mass is 79.9. The quantitative estimate of drug-likeness (QED) is 0.766. The lowest BCUT2D eigenvalue weighted by Crippen LogP contribution is -1.96. The molecule has 5 heteroatoms. The van der Waals surface area contributed by atoms with Crippen LogP contribution in [0.25, 0.3) is 5.69 Å². The summed E-state index contributed by atoms with van der Waals surface area (Å²) in [6.45, 7) is 0. The molecule has 0 spiro atoms. The van der Waals surface area contributed by atoms with E-state index in [1.54, 1.807) is 29.3 Å². The third-order valence-corrected chi connectivity index (χ3v) is 2.11. The van der Waals surface area contributed by atoms with Gasteiger partial charge in [0.1, 0.15) is 0 Å². The van der Waals surface area contributed by atoms with Crippen molar-refractivity contribution < 1.29 is 4.79 Å². The number of hydrogen-bond donors (Lipinski definition) is 0. The second kappa shape index (κ2) is 3.71. The van der Waals surface area contributed by atoms with Crippen LogP contribution < -0.4 is 0 Å². The Morgan fingerprint density at radius 1 is 1.36 bits per heavy atom. The summed E-state index contributed by atoms with van der Waals surface area (Å²) in [6.07, 6.45) is 7.38. The van der Waals surface area contributed by atoms with E-state index in [1.807, 2.05) is 0 Å². The first kappa shape index (κ1) is 9.08. The molecule has 0 bridgehead atoms. The number of pyridine rings is 1. The van der Waals surface area contributed by atoms with Gasteiger partial charge in [0.15, 0.2) is 6.29 Å². The summed E-state index contributed by atoms with van der Waals surface area (Å²) < 4.78 is 2.53. The van der Waals surface area contributed by atoms with Gasteiger partial charge in [0.25, 0.3) is 0 Å². The SMILES string of the molecule is O=Cc1cncc(-n2cc(Br)cn2)c1. The van der Waals surface area contributed by atoms with Crippen molar-refractivity contribution in [3.8, 4) is 5.69 Å². The van der Waals surface area contributed by atoms with Crippen LogP contribution in [0.15, 0.2) is 35.3 Å². The van der Waals surface area contributed by atoms with Crippen LogP contribution in [0.4, 0.5) is 0 Å². The van der Waals surface area contributed by atoms with Gasteiger partial charge in [-0.05, 0) is 22.0 Å². The van der Waals surface area contributed by atoms with E-state index in [-0.39, 0.29) is 0 Å². The fourth-order valence-electron chi connectivity index (χ4n) is 1.08. The van der Waals surface area contributed by atoms with Crippen LogP contribution in [0.3, 0.4) is 0 Å². The molecule has 2 aromatic rings. The van der Waals surface area contributed by atoms with Crippen LogP contribution in [0.1, 0.15) is 10.4 Å². The van der Waals surface area contributed by atoms with Crippen LogP contribution in [-0.2, 0) is 0 Å². The molecule has 0 atom stereocenters. The van der Waals surface area contributed by atoms with Gasteiger partial charge < -0.3 is 0 Å². The summed E-state index contributed by atoms with van der Waals surface area (Å²) in [5.41, 5.74) is 1.30. The predicted octanol–water partition coefficient (Wildman–Crippen LogP) is 1.84. The molecule has 0 aliphatic carbocycles. The molecule has 14 heavy (non-hydrogen) atoms. The molecule has 0 fully saturated rings. The highest BCUT2D eigenvalue weighted by molar-refractivity contribution is 9.10. The second-order valence-electron chi connectivity index (χ2n) is 2.70. The summed E-state index contributed by atoms with van der Waals surface area (Å²) in [4.78, 5) is 14.5. The fourth-order valence-corrected chi connectivity index (χ4v) is 1.36. The van der Waals surface area contributed by atoms with E-state index in [1.165, 1.54) is 6.20 Å². The fraction of sp³-hybridized carbons (Fsp3) is 0. The van der Waals surface area contributed by atoms with E-state index >= 15 is 0 Å². The Kier molecular flexibility index (Phi) is 2.41. The molecule has 0 aliphatic heterocycles. The number of carbonyl (C=O) groups excluding carboxylic acids is 1. The maximum Gasteiger partial charge on any atom is 0.151 e. The average Bonchev–Trinajstić information content (AvgIpc) is 2.65. The average molecular weight is 252 g/mol. The lowest BCUT2D eigenvalue weighted by molar-refractivity contribution is 0.112. The number of halogens is 1. The van der Waals surface area contributed by atoms with Gasteiger partial charge in [0.2, 0.25) is 0 Å². The number of aromatic nitrogens is 3. The first-order chi connectivity index (χ1) is 6.79. The highest BCUT2D eigenvalue weighted by Gasteiger charge is 2.00. The minimum atomic E-state index is 0.536. The Hall–Kier alpha value is -1.49. The molecule has 0 saturated carbocycles. The molecule has 0 radical (unpaired) electrons. The van der Waals surface area contributed by atoms with E-state index in [9.17, 15) is 4.79 Å². The van der Waals surface area contributed by atoms with Gasteiger partial charge in [-0.3, -0.25) is 9.78 Å². The Morgan fingerprint density at radius 2 is 2.21 bits per heavy atom. The van der Waals surface area contributed by atoms with Crippen molar-refractivity contribution in [1.82, 2.24) is 14.8 Å². The highest BCUT2D eigenvalue weighted by Crippen LogP contribution is 2.11. The van der Waals surface area contributed by atoms with Crippen LogP contribution in [0.5, 0.6) is 0 Å². The number of hydrogen-bond acceptors (Lipinski definition) is 3.